The molecule has 1 amide bonds. The van der Waals surface area contributed by atoms with E-state index in [0.29, 0.717) is 46.0 Å². The number of hydrogen-bond donors (Lipinski definition) is 2. The van der Waals surface area contributed by atoms with E-state index in [0.717, 1.165) is 0 Å². The Morgan fingerprint density at radius 2 is 1.59 bits per heavy atom. The number of carbonyl (C=O) groups is 2. The van der Waals surface area contributed by atoms with Crippen LogP contribution in [0.15, 0.2) is 12.1 Å². The van der Waals surface area contributed by atoms with Crippen molar-refractivity contribution in [2.75, 3.05) is 59.9 Å². The molecular weight excluding hydrogens is 516 g/mol. The monoisotopic (exact) mass is 558 g/mol. The molecule has 1 aromatic carbocycles. The van der Waals surface area contributed by atoms with Gasteiger partial charge in [0.15, 0.2) is 11.5 Å². The van der Waals surface area contributed by atoms with Crippen molar-refractivity contribution in [3.8, 4) is 11.5 Å². The summed E-state index contributed by atoms with van der Waals surface area (Å²) in [5.41, 5.74) is -0.651. The minimum absolute atomic E-state index is 0.124. The summed E-state index contributed by atoms with van der Waals surface area (Å²) in [5.74, 6) is -0.0553. The van der Waals surface area contributed by atoms with Crippen LogP contribution in [0.2, 0.25) is 0 Å². The van der Waals surface area contributed by atoms with Crippen LogP contribution >= 0.6 is 0 Å². The van der Waals surface area contributed by atoms with E-state index in [1.54, 1.807) is 0 Å². The number of amides is 1. The number of ether oxygens (including phenoxy) is 6. The Morgan fingerprint density at radius 3 is 2.15 bits per heavy atom. The van der Waals surface area contributed by atoms with Gasteiger partial charge >= 0.3 is 5.97 Å². The number of benzene rings is 1. The van der Waals surface area contributed by atoms with Crippen molar-refractivity contribution in [2.45, 2.75) is 58.7 Å². The van der Waals surface area contributed by atoms with Crippen LogP contribution in [0, 0.1) is 10.1 Å². The van der Waals surface area contributed by atoms with E-state index < -0.39 is 16.6 Å². The van der Waals surface area contributed by atoms with Crippen LogP contribution in [0.25, 0.3) is 0 Å². The Bertz CT molecular complexity index is 901. The highest BCUT2D eigenvalue weighted by Gasteiger charge is 2.22. The van der Waals surface area contributed by atoms with Crippen molar-refractivity contribution in [1.82, 2.24) is 5.32 Å². The lowest BCUT2D eigenvalue weighted by molar-refractivity contribution is -0.386. The van der Waals surface area contributed by atoms with Crippen molar-refractivity contribution < 1.29 is 48.0 Å². The number of nitrogens with one attached hydrogen (secondary N) is 1. The van der Waals surface area contributed by atoms with E-state index in [2.05, 4.69) is 5.32 Å². The molecule has 1 aromatic rings. The van der Waals surface area contributed by atoms with Gasteiger partial charge in [0.1, 0.15) is 5.60 Å². The van der Waals surface area contributed by atoms with Crippen LogP contribution in [0.5, 0.6) is 11.5 Å². The average Bonchev–Trinajstić information content (AvgIpc) is 2.85. The third-order valence-electron chi connectivity index (χ3n) is 4.95. The summed E-state index contributed by atoms with van der Waals surface area (Å²) in [7, 11) is 1.40. The van der Waals surface area contributed by atoms with E-state index in [1.165, 1.54) is 26.2 Å². The number of nitro benzene ring substituents is 1. The second-order valence-corrected chi connectivity index (χ2v) is 9.47. The van der Waals surface area contributed by atoms with Gasteiger partial charge in [0.2, 0.25) is 5.91 Å². The second kappa shape index (κ2) is 18.3. The van der Waals surface area contributed by atoms with Gasteiger partial charge in [-0.15, -0.1) is 0 Å². The molecular formula is C26H42N2O11. The zero-order valence-electron chi connectivity index (χ0n) is 23.5. The van der Waals surface area contributed by atoms with Crippen LogP contribution in [0.4, 0.5) is 5.69 Å². The minimum Gasteiger partial charge on any atom is -0.493 e. The number of hydrogen-bond acceptors (Lipinski definition) is 11. The Hall–Kier alpha value is -3.00. The molecule has 0 spiro atoms. The van der Waals surface area contributed by atoms with Gasteiger partial charge in [-0.2, -0.15) is 0 Å². The summed E-state index contributed by atoms with van der Waals surface area (Å²) in [6.45, 7) is 9.43. The summed E-state index contributed by atoms with van der Waals surface area (Å²) < 4.78 is 32.1. The van der Waals surface area contributed by atoms with E-state index in [1.807, 2.05) is 20.8 Å². The third-order valence-corrected chi connectivity index (χ3v) is 4.95. The molecule has 1 rings (SSSR count). The number of nitro groups is 1. The number of rotatable bonds is 20. The number of esters is 1. The molecule has 0 bridgehead atoms. The largest absolute Gasteiger partial charge is 0.493 e. The molecule has 13 heteroatoms. The molecule has 0 heterocycles. The van der Waals surface area contributed by atoms with Gasteiger partial charge in [0.05, 0.1) is 82.4 Å². The van der Waals surface area contributed by atoms with Gasteiger partial charge in [0.25, 0.3) is 5.69 Å². The van der Waals surface area contributed by atoms with E-state index in [-0.39, 0.29) is 60.7 Å². The first kappa shape index (κ1) is 34.0. The number of carbonyl (C=O) groups excluding carboxylic acids is 2. The van der Waals surface area contributed by atoms with Crippen LogP contribution < -0.4 is 14.8 Å². The molecule has 39 heavy (non-hydrogen) atoms. The molecule has 0 aliphatic carbocycles. The van der Waals surface area contributed by atoms with Gasteiger partial charge in [-0.05, 0) is 40.2 Å². The summed E-state index contributed by atoms with van der Waals surface area (Å²) in [5, 5.41) is 23.8. The highest BCUT2D eigenvalue weighted by molar-refractivity contribution is 5.75. The molecule has 0 fully saturated rings. The lowest BCUT2D eigenvalue weighted by Crippen LogP contribution is -2.27. The van der Waals surface area contributed by atoms with Crippen molar-refractivity contribution in [3.05, 3.63) is 27.8 Å². The van der Waals surface area contributed by atoms with Crippen LogP contribution in [0.3, 0.4) is 0 Å². The topological polar surface area (TPSA) is 165 Å². The maximum Gasteiger partial charge on any atom is 0.308 e. The normalized spacial score (nSPS) is 12.1. The van der Waals surface area contributed by atoms with Crippen molar-refractivity contribution in [1.29, 1.82) is 0 Å². The molecule has 2 N–H and O–H groups in total. The van der Waals surface area contributed by atoms with Crippen molar-refractivity contribution in [2.24, 2.45) is 0 Å². The summed E-state index contributed by atoms with van der Waals surface area (Å²) >= 11 is 0. The maximum atomic E-state index is 12.0. The fourth-order valence-corrected chi connectivity index (χ4v) is 3.19. The Kier molecular flexibility index (Phi) is 16.0. The highest BCUT2D eigenvalue weighted by Crippen LogP contribution is 2.37. The number of methoxy groups -OCH3 is 1. The smallest absolute Gasteiger partial charge is 0.308 e. The molecule has 0 saturated carbocycles. The fourth-order valence-electron chi connectivity index (χ4n) is 3.19. The molecule has 0 aliphatic heterocycles. The lowest BCUT2D eigenvalue weighted by atomic mass is 10.1. The average molecular weight is 559 g/mol. The first-order chi connectivity index (χ1) is 18.4. The maximum absolute atomic E-state index is 12.0. The first-order valence-corrected chi connectivity index (χ1v) is 12.8. The second-order valence-electron chi connectivity index (χ2n) is 9.47. The predicted octanol–water partition coefficient (Wildman–Crippen LogP) is 2.71. The van der Waals surface area contributed by atoms with E-state index in [4.69, 9.17) is 28.4 Å². The summed E-state index contributed by atoms with van der Waals surface area (Å²) in [6.07, 6.45) is -0.267. The van der Waals surface area contributed by atoms with E-state index >= 15 is 0 Å². The number of nitrogens with zero attached hydrogens (tertiary/aromatic N) is 1. The summed E-state index contributed by atoms with van der Waals surface area (Å²) in [6, 6.07) is 2.58. The Labute approximate surface area is 229 Å². The number of aliphatic hydroxyl groups is 1. The van der Waals surface area contributed by atoms with Gasteiger partial charge in [-0.1, -0.05) is 0 Å². The standard InChI is InChI=1S/C26H42N2O11/c1-19(29)20-17-22(34-5)23(18-21(20)28(32)33)38-10-6-7-24(30)27-9-12-36-14-16-37-15-13-35-11-8-25(31)39-26(2,3)4/h17-19,29H,6-16H2,1-5H3,(H,27,30). The van der Waals surface area contributed by atoms with Crippen molar-refractivity contribution in [3.63, 3.8) is 0 Å². The molecule has 0 aliphatic rings. The highest BCUT2D eigenvalue weighted by atomic mass is 16.6. The van der Waals surface area contributed by atoms with Gasteiger partial charge in [-0.25, -0.2) is 0 Å². The molecule has 222 valence electrons. The Morgan fingerprint density at radius 1 is 0.974 bits per heavy atom. The SMILES string of the molecule is COc1cc(C(C)O)c([N+](=O)[O-])cc1OCCCC(=O)NCCOCCOCCOCCC(=O)OC(C)(C)C. The quantitative estimate of drug-likeness (QED) is 0.105. The summed E-state index contributed by atoms with van der Waals surface area (Å²) in [4.78, 5) is 34.2. The minimum atomic E-state index is -1.04. The van der Waals surface area contributed by atoms with Gasteiger partial charge in [0, 0.05) is 13.0 Å². The lowest BCUT2D eigenvalue weighted by Gasteiger charge is -2.19. The zero-order chi connectivity index (χ0) is 29.3. The zero-order valence-corrected chi connectivity index (χ0v) is 23.5. The molecule has 1 atom stereocenters. The van der Waals surface area contributed by atoms with Crippen LogP contribution in [0.1, 0.15) is 58.6 Å². The molecule has 0 aromatic heterocycles. The first-order valence-electron chi connectivity index (χ1n) is 12.8. The molecule has 1 unspecified atom stereocenters. The van der Waals surface area contributed by atoms with Crippen LogP contribution in [-0.4, -0.2) is 87.4 Å². The third kappa shape index (κ3) is 15.2. The van der Waals surface area contributed by atoms with Gasteiger partial charge in [-0.3, -0.25) is 19.7 Å². The predicted molar refractivity (Wildman–Crippen MR) is 141 cm³/mol. The molecule has 0 saturated heterocycles. The molecule has 0 radical (unpaired) electrons. The van der Waals surface area contributed by atoms with Gasteiger partial charge < -0.3 is 38.8 Å². The molecule has 13 nitrogen and oxygen atoms in total. The fraction of sp³-hybridized carbons (Fsp3) is 0.692. The van der Waals surface area contributed by atoms with Crippen LogP contribution in [-0.2, 0) is 28.5 Å². The number of aliphatic hydroxyl groups excluding tert-OH is 1. The Balaban J connectivity index is 2.09. The van der Waals surface area contributed by atoms with Crippen molar-refractivity contribution >= 4 is 17.6 Å². The van der Waals surface area contributed by atoms with E-state index in [9.17, 15) is 24.8 Å².